The predicted molar refractivity (Wildman–Crippen MR) is 332 cm³/mol. The molecule has 34 heteroatoms. The maximum Gasteiger partial charge on any atom is 0.296 e. The Morgan fingerprint density at radius 2 is 0.826 bits per heavy atom. The number of anilines is 4. The van der Waals surface area contributed by atoms with Gasteiger partial charge in [-0.15, -0.1) is 68.4 Å². The summed E-state index contributed by atoms with van der Waals surface area (Å²) in [6.45, 7) is 3.50. The first-order valence-electron chi connectivity index (χ1n) is 24.1. The zero-order valence-corrected chi connectivity index (χ0v) is 50.4. The van der Waals surface area contributed by atoms with Crippen molar-refractivity contribution < 1.29 is 51.9 Å². The van der Waals surface area contributed by atoms with Crippen molar-refractivity contribution >= 4 is 177 Å². The molecular formula is C52H40N14O12S8. The number of hydrogen-bond acceptors (Lipinski definition) is 26. The molecule has 26 nitrogen and oxygen atoms in total. The van der Waals surface area contributed by atoms with Crippen LogP contribution in [0.25, 0.3) is 52.7 Å². The van der Waals surface area contributed by atoms with Crippen LogP contribution in [0.2, 0.25) is 0 Å². The van der Waals surface area contributed by atoms with Gasteiger partial charge in [-0.05, 0) is 122 Å². The quantitative estimate of drug-likeness (QED) is 0.0197. The SMILES string of the molecule is Cc1ccc2nc(-c3ccc(/N=N\c4c(N)c(/N=N\c5ccc(-c6ccc(/N=N\c7cc(S)c(N)c(/N=N\c8ccc(-c9nc%10ccc(C)c(S(=O)(=O)O)c%10s9)cc8)c7N)cc6S(=O)(=O)O)c(S(=O)(=O)O)c5)cc(S(=O)(=O)O)c4N)cc3)sc2c1S. The molecule has 0 atom stereocenters. The van der Waals surface area contributed by atoms with E-state index < -0.39 is 83.3 Å². The fraction of sp³-hybridized carbons (Fsp3) is 0.0385. The second-order valence-corrected chi connectivity index (χ2v) is 26.9. The Morgan fingerprint density at radius 3 is 1.29 bits per heavy atom. The van der Waals surface area contributed by atoms with Crippen molar-refractivity contribution in [1.82, 2.24) is 9.97 Å². The normalized spacial score (nSPS) is 12.8. The lowest BCUT2D eigenvalue weighted by Crippen LogP contribution is -2.05. The average molecular weight is 1310 g/mol. The highest BCUT2D eigenvalue weighted by Gasteiger charge is 2.27. The number of benzene rings is 8. The molecular weight excluding hydrogens is 1270 g/mol. The van der Waals surface area contributed by atoms with Gasteiger partial charge in [0, 0.05) is 32.0 Å². The van der Waals surface area contributed by atoms with Gasteiger partial charge in [0.1, 0.15) is 52.3 Å². The Kier molecular flexibility index (Phi) is 16.2. The molecule has 10 rings (SSSR count). The highest BCUT2D eigenvalue weighted by Crippen LogP contribution is 2.46. The molecule has 0 radical (unpaired) electrons. The van der Waals surface area contributed by atoms with Gasteiger partial charge in [0.05, 0.1) is 65.9 Å². The number of aryl methyl sites for hydroxylation is 2. The van der Waals surface area contributed by atoms with Crippen LogP contribution < -0.4 is 22.9 Å². The molecule has 0 fully saturated rings. The molecule has 0 aliphatic rings. The minimum Gasteiger partial charge on any atom is -0.396 e. The topological polar surface area (TPSA) is 446 Å². The van der Waals surface area contributed by atoms with E-state index in [1.807, 2.05) is 19.1 Å². The maximum absolute atomic E-state index is 13.0. The zero-order chi connectivity index (χ0) is 61.9. The predicted octanol–water partition coefficient (Wildman–Crippen LogP) is 14.1. The zero-order valence-electron chi connectivity index (χ0n) is 43.7. The minimum absolute atomic E-state index is 0.00149. The van der Waals surface area contributed by atoms with Gasteiger partial charge in [-0.2, -0.15) is 54.1 Å². The number of thiazole rings is 2. The molecule has 2 heterocycles. The molecule has 12 N–H and O–H groups in total. The molecule has 0 saturated heterocycles. The Morgan fingerprint density at radius 1 is 0.419 bits per heavy atom. The molecule has 8 aromatic carbocycles. The van der Waals surface area contributed by atoms with Gasteiger partial charge < -0.3 is 22.9 Å². The molecule has 86 heavy (non-hydrogen) atoms. The van der Waals surface area contributed by atoms with Gasteiger partial charge in [-0.25, -0.2) is 9.97 Å². The average Bonchev–Trinajstić information content (AvgIpc) is 1.97. The summed E-state index contributed by atoms with van der Waals surface area (Å²) in [5.41, 5.74) is 26.0. The first-order valence-corrected chi connectivity index (χ1v) is 32.4. The Balaban J connectivity index is 0.905. The summed E-state index contributed by atoms with van der Waals surface area (Å²) >= 11 is 11.5. The second kappa shape index (κ2) is 23.1. The highest BCUT2D eigenvalue weighted by atomic mass is 32.2. The monoisotopic (exact) mass is 1310 g/mol. The van der Waals surface area contributed by atoms with Gasteiger partial charge in [0.15, 0.2) is 0 Å². The molecule has 0 spiro atoms. The van der Waals surface area contributed by atoms with E-state index in [2.05, 4.69) is 76.1 Å². The van der Waals surface area contributed by atoms with Crippen molar-refractivity contribution in [2.45, 2.75) is 43.2 Å². The number of nitrogen functional groups attached to an aromatic ring is 4. The maximum atomic E-state index is 13.0. The number of fused-ring (bicyclic) bond motifs is 2. The van der Waals surface area contributed by atoms with Crippen LogP contribution in [-0.4, -0.2) is 61.9 Å². The number of hydrogen-bond donors (Lipinski definition) is 10. The van der Waals surface area contributed by atoms with E-state index in [9.17, 15) is 51.9 Å². The van der Waals surface area contributed by atoms with E-state index in [4.69, 9.17) is 22.9 Å². The molecule has 0 saturated carbocycles. The second-order valence-electron chi connectivity index (χ2n) is 18.5. The summed E-state index contributed by atoms with van der Waals surface area (Å²) in [5, 5.41) is 34.0. The van der Waals surface area contributed by atoms with Gasteiger partial charge in [-0.1, -0.05) is 24.3 Å². The van der Waals surface area contributed by atoms with E-state index in [0.717, 1.165) is 74.0 Å². The van der Waals surface area contributed by atoms with E-state index in [0.29, 0.717) is 37.0 Å². The summed E-state index contributed by atoms with van der Waals surface area (Å²) in [5.74, 6) is 0. The van der Waals surface area contributed by atoms with Crippen molar-refractivity contribution in [2.24, 2.45) is 40.9 Å². The molecule has 0 amide bonds. The van der Waals surface area contributed by atoms with Crippen LogP contribution >= 0.6 is 47.9 Å². The Labute approximate surface area is 507 Å². The third kappa shape index (κ3) is 12.4. The molecule has 0 aliphatic heterocycles. The number of rotatable bonds is 15. The number of azo groups is 4. The molecule has 438 valence electrons. The summed E-state index contributed by atoms with van der Waals surface area (Å²) in [6.07, 6.45) is 0. The standard InChI is InChI=1S/C52H40N14O12S8/c1-23-3-17-33-48(47(23)80)81-51(57-33)25-5-9-28(10-6-25)60-66-46-42(54)36(22-40(44(46)56)85(73,74)75)64-62-30-14-16-32(39(20-30)84(70,71)72)31-15-13-29(19-38(31)83(67,68)69)61-63-35-21-37(79)43(55)45(41(35)53)65-59-27-11-7-26(8-12-27)52-58-34-18-4-24(2)50(49(34)82-52)86(76,77)78/h3-22,79-80H,53-56H2,1-2H3,(H,67,68,69)(H,70,71,72)(H,73,74,75)(H,76,77,78)/b63-61-,64-62-,65-59-,66-60-. The third-order valence-corrected chi connectivity index (χ3v) is 19.9. The van der Waals surface area contributed by atoms with Crippen LogP contribution in [-0.2, 0) is 40.5 Å². The van der Waals surface area contributed by atoms with E-state index in [-0.39, 0.29) is 55.3 Å². The smallest absolute Gasteiger partial charge is 0.296 e. The molecule has 10 aromatic rings. The van der Waals surface area contributed by atoms with E-state index >= 15 is 0 Å². The Hall–Kier alpha value is -8.52. The lowest BCUT2D eigenvalue weighted by molar-refractivity contribution is 0.480. The molecule has 2 aromatic heterocycles. The van der Waals surface area contributed by atoms with Crippen molar-refractivity contribution in [3.8, 4) is 32.3 Å². The number of aromatic nitrogens is 2. The van der Waals surface area contributed by atoms with Crippen LogP contribution in [0, 0.1) is 13.8 Å². The summed E-state index contributed by atoms with van der Waals surface area (Å²) < 4.78 is 143. The van der Waals surface area contributed by atoms with Crippen molar-refractivity contribution in [2.75, 3.05) is 22.9 Å². The van der Waals surface area contributed by atoms with E-state index in [1.165, 1.54) is 23.5 Å². The largest absolute Gasteiger partial charge is 0.396 e. The van der Waals surface area contributed by atoms with Crippen LogP contribution in [0.5, 0.6) is 0 Å². The number of nitrogens with two attached hydrogens (primary N) is 4. The van der Waals surface area contributed by atoms with Crippen molar-refractivity contribution in [1.29, 1.82) is 0 Å². The van der Waals surface area contributed by atoms with Gasteiger partial charge in [0.25, 0.3) is 40.5 Å². The molecule has 0 unspecified atom stereocenters. The van der Waals surface area contributed by atoms with Gasteiger partial charge >= 0.3 is 0 Å². The van der Waals surface area contributed by atoms with Crippen LogP contribution in [0.3, 0.4) is 0 Å². The van der Waals surface area contributed by atoms with Crippen molar-refractivity contribution in [3.05, 3.63) is 132 Å². The number of nitrogens with zero attached hydrogens (tertiary/aromatic N) is 10. The number of thiol groups is 2. The van der Waals surface area contributed by atoms with Crippen LogP contribution in [0.15, 0.2) is 192 Å². The Bertz CT molecular complexity index is 5100. The fourth-order valence-corrected chi connectivity index (χ4v) is 14.5. The lowest BCUT2D eigenvalue weighted by Gasteiger charge is -2.13. The van der Waals surface area contributed by atoms with Gasteiger partial charge in [-0.3, -0.25) is 18.2 Å². The first kappa shape index (κ1) is 60.6. The summed E-state index contributed by atoms with van der Waals surface area (Å²) in [7, 11) is -20.1. The highest BCUT2D eigenvalue weighted by molar-refractivity contribution is 7.87. The molecule has 0 aliphatic carbocycles. The summed E-state index contributed by atoms with van der Waals surface area (Å²) in [4.78, 5) is 7.23. The molecule has 0 bridgehead atoms. The first-order chi connectivity index (χ1) is 40.4. The lowest BCUT2D eigenvalue weighted by atomic mass is 10.0. The van der Waals surface area contributed by atoms with Crippen molar-refractivity contribution in [3.63, 3.8) is 0 Å². The minimum atomic E-state index is -5.26. The fourth-order valence-electron chi connectivity index (χ4n) is 8.44. The van der Waals surface area contributed by atoms with Crippen LogP contribution in [0.4, 0.5) is 68.2 Å². The summed E-state index contributed by atoms with van der Waals surface area (Å²) in [6, 6.07) is 28.4. The third-order valence-electron chi connectivity index (χ3n) is 12.7. The van der Waals surface area contributed by atoms with Crippen LogP contribution in [0.1, 0.15) is 11.1 Å². The van der Waals surface area contributed by atoms with Gasteiger partial charge in [0.2, 0.25) is 0 Å². The van der Waals surface area contributed by atoms with E-state index in [1.54, 1.807) is 67.6 Å².